The predicted octanol–water partition coefficient (Wildman–Crippen LogP) is 2.95. The van der Waals surface area contributed by atoms with Crippen molar-refractivity contribution in [2.24, 2.45) is 0 Å². The standard InChI is InChI=1S/C15H14F3NO3S/c16-13-3-1-2-4-14(13)23(20,21)19-10-9-11-5-7-12(8-6-11)22-15(17)18/h1-8,15,19H,9-10H2. The molecule has 0 atom stereocenters. The quantitative estimate of drug-likeness (QED) is 0.839. The first-order chi connectivity index (χ1) is 10.9. The highest BCUT2D eigenvalue weighted by Crippen LogP contribution is 2.16. The Morgan fingerprint density at radius 3 is 2.30 bits per heavy atom. The number of nitrogens with one attached hydrogen (secondary N) is 1. The molecule has 0 aliphatic heterocycles. The molecule has 4 nitrogen and oxygen atoms in total. The van der Waals surface area contributed by atoms with Gasteiger partial charge in [0.2, 0.25) is 10.0 Å². The highest BCUT2D eigenvalue weighted by molar-refractivity contribution is 7.89. The Kier molecular flexibility index (Phi) is 5.62. The van der Waals surface area contributed by atoms with Crippen LogP contribution in [0, 0.1) is 5.82 Å². The molecule has 0 amide bonds. The molecular weight excluding hydrogens is 331 g/mol. The zero-order chi connectivity index (χ0) is 16.9. The molecule has 1 N–H and O–H groups in total. The number of halogens is 3. The van der Waals surface area contributed by atoms with Crippen LogP contribution in [-0.4, -0.2) is 21.6 Å². The average Bonchev–Trinajstić information content (AvgIpc) is 2.48. The van der Waals surface area contributed by atoms with Crippen molar-refractivity contribution < 1.29 is 26.3 Å². The summed E-state index contributed by atoms with van der Waals surface area (Å²) >= 11 is 0. The van der Waals surface area contributed by atoms with E-state index in [1.54, 1.807) is 12.1 Å². The number of benzene rings is 2. The maximum absolute atomic E-state index is 13.5. The van der Waals surface area contributed by atoms with Gasteiger partial charge in [-0.15, -0.1) is 0 Å². The molecule has 0 aromatic heterocycles. The summed E-state index contributed by atoms with van der Waals surface area (Å²) in [4.78, 5) is -0.416. The lowest BCUT2D eigenvalue weighted by Gasteiger charge is -2.08. The van der Waals surface area contributed by atoms with Crippen LogP contribution in [0.25, 0.3) is 0 Å². The zero-order valence-electron chi connectivity index (χ0n) is 11.9. The van der Waals surface area contributed by atoms with Crippen LogP contribution in [0.3, 0.4) is 0 Å². The number of sulfonamides is 1. The molecule has 0 bridgehead atoms. The molecule has 0 aliphatic carbocycles. The van der Waals surface area contributed by atoms with Gasteiger partial charge in [-0.05, 0) is 36.2 Å². The fourth-order valence-corrected chi connectivity index (χ4v) is 3.02. The van der Waals surface area contributed by atoms with Crippen LogP contribution in [0.4, 0.5) is 13.2 Å². The fourth-order valence-electron chi connectivity index (χ4n) is 1.91. The molecule has 0 fully saturated rings. The molecule has 0 saturated carbocycles. The third-order valence-corrected chi connectivity index (χ3v) is 4.47. The Balaban J connectivity index is 1.93. The highest BCUT2D eigenvalue weighted by atomic mass is 32.2. The highest BCUT2D eigenvalue weighted by Gasteiger charge is 2.17. The molecule has 2 aromatic rings. The monoisotopic (exact) mass is 345 g/mol. The number of ether oxygens (including phenoxy) is 1. The second kappa shape index (κ2) is 7.47. The molecule has 23 heavy (non-hydrogen) atoms. The van der Waals surface area contributed by atoms with Gasteiger partial charge in [-0.2, -0.15) is 8.78 Å². The fraction of sp³-hybridized carbons (Fsp3) is 0.200. The van der Waals surface area contributed by atoms with E-state index in [9.17, 15) is 21.6 Å². The van der Waals surface area contributed by atoms with Crippen LogP contribution < -0.4 is 9.46 Å². The molecule has 0 heterocycles. The maximum atomic E-state index is 13.5. The Morgan fingerprint density at radius 1 is 1.04 bits per heavy atom. The van der Waals surface area contributed by atoms with Gasteiger partial charge in [-0.25, -0.2) is 17.5 Å². The second-order valence-electron chi connectivity index (χ2n) is 4.60. The van der Waals surface area contributed by atoms with Gasteiger partial charge in [0.05, 0.1) is 0 Å². The van der Waals surface area contributed by atoms with Crippen LogP contribution in [-0.2, 0) is 16.4 Å². The van der Waals surface area contributed by atoms with Gasteiger partial charge in [0.1, 0.15) is 16.5 Å². The van der Waals surface area contributed by atoms with E-state index in [1.807, 2.05) is 0 Å². The summed E-state index contributed by atoms with van der Waals surface area (Å²) in [6.07, 6.45) is 0.322. The smallest absolute Gasteiger partial charge is 0.387 e. The minimum Gasteiger partial charge on any atom is -0.435 e. The third kappa shape index (κ3) is 4.97. The van der Waals surface area contributed by atoms with Gasteiger partial charge in [0, 0.05) is 6.54 Å². The lowest BCUT2D eigenvalue weighted by Crippen LogP contribution is -2.26. The minimum absolute atomic E-state index is 0.0238. The van der Waals surface area contributed by atoms with Crippen molar-refractivity contribution in [3.05, 3.63) is 59.9 Å². The molecule has 8 heteroatoms. The molecule has 0 saturated heterocycles. The van der Waals surface area contributed by atoms with E-state index in [0.717, 1.165) is 11.6 Å². The minimum atomic E-state index is -3.93. The van der Waals surface area contributed by atoms with E-state index < -0.39 is 27.3 Å². The summed E-state index contributed by atoms with van der Waals surface area (Å²) in [6, 6.07) is 10.9. The number of alkyl halides is 2. The van der Waals surface area contributed by atoms with Gasteiger partial charge < -0.3 is 4.74 Å². The van der Waals surface area contributed by atoms with E-state index in [1.165, 1.54) is 30.3 Å². The van der Waals surface area contributed by atoms with E-state index >= 15 is 0 Å². The summed E-state index contributed by atoms with van der Waals surface area (Å²) in [5.74, 6) is -0.802. The van der Waals surface area contributed by atoms with Crippen molar-refractivity contribution in [1.29, 1.82) is 0 Å². The Morgan fingerprint density at radius 2 is 1.70 bits per heavy atom. The summed E-state index contributed by atoms with van der Waals surface area (Å²) < 4.78 is 68.0. The van der Waals surface area contributed by atoms with E-state index in [0.29, 0.717) is 6.42 Å². The Hall–Kier alpha value is -2.06. The van der Waals surface area contributed by atoms with Gasteiger partial charge >= 0.3 is 6.61 Å². The van der Waals surface area contributed by atoms with Crippen LogP contribution in [0.2, 0.25) is 0 Å². The lowest BCUT2D eigenvalue weighted by atomic mass is 10.1. The van der Waals surface area contributed by atoms with Crippen LogP contribution in [0.1, 0.15) is 5.56 Å². The van der Waals surface area contributed by atoms with Crippen molar-refractivity contribution in [2.45, 2.75) is 17.9 Å². The molecule has 0 radical (unpaired) electrons. The van der Waals surface area contributed by atoms with Crippen molar-refractivity contribution in [2.75, 3.05) is 6.54 Å². The Bertz CT molecular complexity index is 749. The topological polar surface area (TPSA) is 55.4 Å². The van der Waals surface area contributed by atoms with Crippen molar-refractivity contribution in [3.8, 4) is 5.75 Å². The van der Waals surface area contributed by atoms with Crippen molar-refractivity contribution in [3.63, 3.8) is 0 Å². The maximum Gasteiger partial charge on any atom is 0.387 e. The molecule has 0 aliphatic rings. The zero-order valence-corrected chi connectivity index (χ0v) is 12.7. The summed E-state index contributed by atoms with van der Waals surface area (Å²) in [6.45, 7) is -2.85. The first-order valence-corrected chi connectivity index (χ1v) is 8.15. The number of rotatable bonds is 7. The number of hydrogen-bond acceptors (Lipinski definition) is 3. The first-order valence-electron chi connectivity index (χ1n) is 6.66. The van der Waals surface area contributed by atoms with Crippen molar-refractivity contribution in [1.82, 2.24) is 4.72 Å². The summed E-state index contributed by atoms with van der Waals surface area (Å²) in [5, 5.41) is 0. The lowest BCUT2D eigenvalue weighted by molar-refractivity contribution is -0.0498. The normalized spacial score (nSPS) is 11.7. The summed E-state index contributed by atoms with van der Waals surface area (Å²) in [7, 11) is -3.93. The van der Waals surface area contributed by atoms with Gasteiger partial charge in [-0.1, -0.05) is 24.3 Å². The van der Waals surface area contributed by atoms with Crippen LogP contribution in [0.5, 0.6) is 5.75 Å². The van der Waals surface area contributed by atoms with E-state index in [4.69, 9.17) is 0 Å². The Labute approximate surface area is 132 Å². The summed E-state index contributed by atoms with van der Waals surface area (Å²) in [5.41, 5.74) is 0.725. The molecule has 0 unspecified atom stereocenters. The van der Waals surface area contributed by atoms with Gasteiger partial charge in [-0.3, -0.25) is 0 Å². The molecular formula is C15H14F3NO3S. The second-order valence-corrected chi connectivity index (χ2v) is 6.34. The SMILES string of the molecule is O=S(=O)(NCCc1ccc(OC(F)F)cc1)c1ccccc1F. The number of hydrogen-bond donors (Lipinski definition) is 1. The predicted molar refractivity (Wildman–Crippen MR) is 78.4 cm³/mol. The van der Waals surface area contributed by atoms with E-state index in [-0.39, 0.29) is 12.3 Å². The first kappa shape index (κ1) is 17.3. The van der Waals surface area contributed by atoms with Crippen LogP contribution in [0.15, 0.2) is 53.4 Å². The van der Waals surface area contributed by atoms with Gasteiger partial charge in [0.25, 0.3) is 0 Å². The van der Waals surface area contributed by atoms with Gasteiger partial charge in [0.15, 0.2) is 0 Å². The average molecular weight is 345 g/mol. The van der Waals surface area contributed by atoms with Crippen LogP contribution >= 0.6 is 0 Å². The molecule has 124 valence electrons. The third-order valence-electron chi connectivity index (χ3n) is 2.98. The molecule has 2 aromatic carbocycles. The van der Waals surface area contributed by atoms with Crippen molar-refractivity contribution >= 4 is 10.0 Å². The molecule has 2 rings (SSSR count). The largest absolute Gasteiger partial charge is 0.435 e. The molecule has 0 spiro atoms. The van der Waals surface area contributed by atoms with E-state index in [2.05, 4.69) is 9.46 Å².